The maximum Gasteiger partial charge on any atom is 0.573 e. The highest BCUT2D eigenvalue weighted by Gasteiger charge is 2.32. The Bertz CT molecular complexity index is 1020. The Labute approximate surface area is 204 Å². The fourth-order valence-corrected chi connectivity index (χ4v) is 3.68. The van der Waals surface area contributed by atoms with Gasteiger partial charge in [-0.05, 0) is 68.5 Å². The molecule has 1 fully saturated rings. The van der Waals surface area contributed by atoms with E-state index in [1.54, 1.807) is 24.3 Å². The van der Waals surface area contributed by atoms with E-state index in [4.69, 9.17) is 14.6 Å². The van der Waals surface area contributed by atoms with Gasteiger partial charge in [0.15, 0.2) is 11.6 Å². The van der Waals surface area contributed by atoms with Crippen molar-refractivity contribution in [2.45, 2.75) is 57.0 Å². The summed E-state index contributed by atoms with van der Waals surface area (Å²) in [5.41, 5.74) is -0.00847. The summed E-state index contributed by atoms with van der Waals surface area (Å²) in [6.45, 7) is 0.309. The molecular formula is C24H26F4N2O6. The number of ether oxygens (including phenoxy) is 3. The van der Waals surface area contributed by atoms with E-state index < -0.39 is 29.9 Å². The number of carbonyl (C=O) groups excluding carboxylic acids is 1. The molecule has 1 saturated carbocycles. The molecule has 0 aromatic heterocycles. The molecule has 3 rings (SSSR count). The van der Waals surface area contributed by atoms with E-state index in [1.807, 2.05) is 0 Å². The number of amides is 2. The van der Waals surface area contributed by atoms with Crippen molar-refractivity contribution in [3.8, 4) is 17.2 Å². The van der Waals surface area contributed by atoms with Crippen molar-refractivity contribution in [2.75, 3.05) is 11.9 Å². The third kappa shape index (κ3) is 9.16. The van der Waals surface area contributed by atoms with Crippen molar-refractivity contribution >= 4 is 17.7 Å². The second kappa shape index (κ2) is 12.3. The molecule has 0 spiro atoms. The average molecular weight is 514 g/mol. The molecule has 0 saturated heterocycles. The van der Waals surface area contributed by atoms with Crippen molar-refractivity contribution < 1.29 is 46.5 Å². The van der Waals surface area contributed by atoms with Crippen LogP contribution in [0.2, 0.25) is 0 Å². The van der Waals surface area contributed by atoms with Crippen molar-refractivity contribution in [2.24, 2.45) is 0 Å². The van der Waals surface area contributed by atoms with Crippen LogP contribution in [0, 0.1) is 5.82 Å². The first-order valence-electron chi connectivity index (χ1n) is 11.3. The number of carboxylic acids is 1. The van der Waals surface area contributed by atoms with Gasteiger partial charge in [-0.2, -0.15) is 0 Å². The number of benzene rings is 2. The van der Waals surface area contributed by atoms with Crippen molar-refractivity contribution in [1.29, 1.82) is 0 Å². The molecule has 0 atom stereocenters. The summed E-state index contributed by atoms with van der Waals surface area (Å²) in [5.74, 6) is -1.81. The number of carbonyl (C=O) groups is 2. The minimum Gasteiger partial charge on any atom is -0.494 e. The van der Waals surface area contributed by atoms with Crippen LogP contribution in [0.5, 0.6) is 17.2 Å². The summed E-state index contributed by atoms with van der Waals surface area (Å²) in [4.78, 5) is 22.7. The van der Waals surface area contributed by atoms with Gasteiger partial charge in [-0.15, -0.1) is 13.2 Å². The van der Waals surface area contributed by atoms with Gasteiger partial charge in [-0.3, -0.25) is 4.79 Å². The Morgan fingerprint density at radius 2 is 1.67 bits per heavy atom. The number of alkyl halides is 3. The molecule has 0 aliphatic heterocycles. The van der Waals surface area contributed by atoms with Gasteiger partial charge in [0, 0.05) is 24.2 Å². The number of anilines is 1. The molecule has 12 heteroatoms. The molecule has 3 N–H and O–H groups in total. The monoisotopic (exact) mass is 514 g/mol. The van der Waals surface area contributed by atoms with E-state index in [9.17, 15) is 27.2 Å². The number of carboxylic acid groups (broad SMARTS) is 1. The molecule has 2 aromatic rings. The van der Waals surface area contributed by atoms with Crippen molar-refractivity contribution in [3.05, 3.63) is 48.3 Å². The number of rotatable bonds is 10. The molecule has 0 bridgehead atoms. The number of halogens is 4. The van der Waals surface area contributed by atoms with E-state index in [2.05, 4.69) is 15.4 Å². The second-order valence-electron chi connectivity index (χ2n) is 8.20. The predicted octanol–water partition coefficient (Wildman–Crippen LogP) is 5.48. The molecule has 2 aromatic carbocycles. The lowest BCUT2D eigenvalue weighted by atomic mass is 9.93. The second-order valence-corrected chi connectivity index (χ2v) is 8.20. The summed E-state index contributed by atoms with van der Waals surface area (Å²) < 4.78 is 65.5. The maximum atomic E-state index is 13.8. The first-order chi connectivity index (χ1) is 17.1. The van der Waals surface area contributed by atoms with Crippen molar-refractivity contribution in [1.82, 2.24) is 5.32 Å². The third-order valence-corrected chi connectivity index (χ3v) is 5.36. The van der Waals surface area contributed by atoms with E-state index in [1.165, 1.54) is 0 Å². The van der Waals surface area contributed by atoms with Crippen LogP contribution in [0.25, 0.3) is 0 Å². The molecule has 0 unspecified atom stereocenters. The largest absolute Gasteiger partial charge is 0.573 e. The number of aliphatic carboxylic acids is 1. The summed E-state index contributed by atoms with van der Waals surface area (Å²) in [5, 5.41) is 13.8. The first-order valence-corrected chi connectivity index (χ1v) is 11.3. The molecule has 36 heavy (non-hydrogen) atoms. The van der Waals surface area contributed by atoms with Gasteiger partial charge < -0.3 is 30.0 Å². The Morgan fingerprint density at radius 1 is 1.00 bits per heavy atom. The standard InChI is InChI=1S/C24H26F4N2O6/c25-20-14-16(5-12-21(20)36-24(26,27)28)30-23(33)29-15-3-6-18(7-4-15)35-19-10-8-17(9-11-19)34-13-1-2-22(31)32/h5,8-12,14-15,18H,1-4,6-7,13H2,(H,31,32)(H2,29,30,33). The number of nitrogens with one attached hydrogen (secondary N) is 2. The zero-order chi connectivity index (χ0) is 26.1. The molecule has 0 heterocycles. The predicted molar refractivity (Wildman–Crippen MR) is 121 cm³/mol. The molecule has 8 nitrogen and oxygen atoms in total. The highest BCUT2D eigenvalue weighted by Crippen LogP contribution is 2.28. The number of hydrogen-bond donors (Lipinski definition) is 3. The third-order valence-electron chi connectivity index (χ3n) is 5.36. The fourth-order valence-electron chi connectivity index (χ4n) is 3.68. The SMILES string of the molecule is O=C(O)CCCOc1ccc(OC2CCC(NC(=O)Nc3ccc(OC(F)(F)F)c(F)c3)CC2)cc1. The molecule has 1 aliphatic rings. The van der Waals surface area contributed by atoms with Crippen LogP contribution in [-0.2, 0) is 4.79 Å². The zero-order valence-corrected chi connectivity index (χ0v) is 19.1. The van der Waals surface area contributed by atoms with Crippen LogP contribution in [-0.4, -0.2) is 42.2 Å². The van der Waals surface area contributed by atoms with Crippen LogP contribution in [0.15, 0.2) is 42.5 Å². The van der Waals surface area contributed by atoms with Gasteiger partial charge in [0.25, 0.3) is 0 Å². The van der Waals surface area contributed by atoms with Crippen LogP contribution >= 0.6 is 0 Å². The van der Waals surface area contributed by atoms with Crippen LogP contribution in [0.4, 0.5) is 28.0 Å². The van der Waals surface area contributed by atoms with Crippen molar-refractivity contribution in [3.63, 3.8) is 0 Å². The molecule has 2 amide bonds. The summed E-state index contributed by atoms with van der Waals surface area (Å²) in [7, 11) is 0. The molecular weight excluding hydrogens is 488 g/mol. The summed E-state index contributed by atoms with van der Waals surface area (Å²) >= 11 is 0. The van der Waals surface area contributed by atoms with E-state index in [-0.39, 0.29) is 24.3 Å². The lowest BCUT2D eigenvalue weighted by Gasteiger charge is -2.29. The van der Waals surface area contributed by atoms with Gasteiger partial charge in [0.05, 0.1) is 12.7 Å². The Morgan fingerprint density at radius 3 is 2.28 bits per heavy atom. The average Bonchev–Trinajstić information content (AvgIpc) is 2.80. The van der Waals surface area contributed by atoms with Gasteiger partial charge in [0.1, 0.15) is 11.5 Å². The molecule has 196 valence electrons. The van der Waals surface area contributed by atoms with Gasteiger partial charge in [-0.1, -0.05) is 0 Å². The molecule has 1 aliphatic carbocycles. The smallest absolute Gasteiger partial charge is 0.494 e. The summed E-state index contributed by atoms with van der Waals surface area (Å²) in [6.07, 6.45) is -1.91. The Balaban J connectivity index is 1.38. The van der Waals surface area contributed by atoms with Gasteiger partial charge in [-0.25, -0.2) is 9.18 Å². The topological polar surface area (TPSA) is 106 Å². The number of urea groups is 1. The fraction of sp³-hybridized carbons (Fsp3) is 0.417. The minimum absolute atomic E-state index is 0.00847. The van der Waals surface area contributed by atoms with Crippen LogP contribution in [0.1, 0.15) is 38.5 Å². The van der Waals surface area contributed by atoms with E-state index in [0.717, 1.165) is 18.2 Å². The minimum atomic E-state index is -5.02. The Kier molecular flexibility index (Phi) is 9.20. The maximum absolute atomic E-state index is 13.8. The zero-order valence-electron chi connectivity index (χ0n) is 19.1. The summed E-state index contributed by atoms with van der Waals surface area (Å²) in [6, 6.07) is 8.96. The van der Waals surface area contributed by atoms with Crippen LogP contribution < -0.4 is 24.8 Å². The highest BCUT2D eigenvalue weighted by molar-refractivity contribution is 5.89. The quantitative estimate of drug-likeness (QED) is 0.286. The number of hydrogen-bond acceptors (Lipinski definition) is 5. The highest BCUT2D eigenvalue weighted by atomic mass is 19.4. The molecule has 0 radical (unpaired) electrons. The van der Waals surface area contributed by atoms with E-state index >= 15 is 0 Å². The van der Waals surface area contributed by atoms with E-state index in [0.29, 0.717) is 50.2 Å². The normalized spacial score (nSPS) is 17.7. The lowest BCUT2D eigenvalue weighted by Crippen LogP contribution is -2.41. The van der Waals surface area contributed by atoms with Gasteiger partial charge in [0.2, 0.25) is 0 Å². The van der Waals surface area contributed by atoms with Crippen LogP contribution in [0.3, 0.4) is 0 Å². The lowest BCUT2D eigenvalue weighted by molar-refractivity contribution is -0.275. The van der Waals surface area contributed by atoms with Gasteiger partial charge >= 0.3 is 18.4 Å². The Hall–Kier alpha value is -3.70. The first kappa shape index (κ1) is 26.9.